The molecule has 8 heteroatoms. The molecule has 0 aliphatic heterocycles. The molecule has 0 saturated heterocycles. The van der Waals surface area contributed by atoms with Gasteiger partial charge in [-0.25, -0.2) is 4.79 Å². The van der Waals surface area contributed by atoms with E-state index < -0.39 is 29.7 Å². The minimum Gasteiger partial charge on any atom is -0.508 e. The molecule has 0 bridgehead atoms. The third-order valence-corrected chi connectivity index (χ3v) is 6.43. The minimum absolute atomic E-state index is 0.0940. The highest BCUT2D eigenvalue weighted by molar-refractivity contribution is 5.92. The number of benzene rings is 2. The number of rotatable bonds is 14. The van der Waals surface area contributed by atoms with Crippen LogP contribution < -0.4 is 10.6 Å². The normalized spacial score (nSPS) is 12.5. The fraction of sp³-hybridized carbons (Fsp3) is 0.485. The molecule has 0 fully saturated rings. The number of hydrogen-bond donors (Lipinski definition) is 3. The third-order valence-electron chi connectivity index (χ3n) is 6.43. The van der Waals surface area contributed by atoms with E-state index in [1.54, 1.807) is 62.1 Å². The Labute approximate surface area is 244 Å². The second-order valence-corrected chi connectivity index (χ2v) is 11.1. The van der Waals surface area contributed by atoms with Crippen LogP contribution in [0.15, 0.2) is 48.5 Å². The number of aromatic hydroxyl groups is 1. The largest absolute Gasteiger partial charge is 0.508 e. The van der Waals surface area contributed by atoms with Crippen LogP contribution in [0.25, 0.3) is 0 Å². The number of carbonyl (C=O) groups is 3. The predicted octanol–water partition coefficient (Wildman–Crippen LogP) is 5.49. The lowest BCUT2D eigenvalue weighted by Crippen LogP contribution is -2.54. The molecule has 8 nitrogen and oxygen atoms in total. The SMILES string of the molecule is C#Cc1ccc(C(C(=O)NCCCCC)N(CCCC)C(=O)C(Cc2ccc(O)cc2)NC(=O)OC(C)(C)C)cc1. The summed E-state index contributed by atoms with van der Waals surface area (Å²) in [5, 5.41) is 15.5. The lowest BCUT2D eigenvalue weighted by atomic mass is 9.99. The number of phenols is 1. The summed E-state index contributed by atoms with van der Waals surface area (Å²) >= 11 is 0. The van der Waals surface area contributed by atoms with E-state index in [0.717, 1.165) is 31.2 Å². The molecular formula is C33H45N3O5. The van der Waals surface area contributed by atoms with Gasteiger partial charge in [-0.1, -0.05) is 63.3 Å². The quantitative estimate of drug-likeness (QED) is 0.208. The number of amides is 3. The topological polar surface area (TPSA) is 108 Å². The van der Waals surface area contributed by atoms with E-state index in [0.29, 0.717) is 30.6 Å². The van der Waals surface area contributed by atoms with Gasteiger partial charge in [-0.05, 0) is 69.0 Å². The van der Waals surface area contributed by atoms with Gasteiger partial charge < -0.3 is 25.4 Å². The van der Waals surface area contributed by atoms with Gasteiger partial charge in [0, 0.05) is 25.1 Å². The smallest absolute Gasteiger partial charge is 0.408 e. The van der Waals surface area contributed by atoms with Crippen LogP contribution in [0.4, 0.5) is 4.79 Å². The summed E-state index contributed by atoms with van der Waals surface area (Å²) in [7, 11) is 0. The fourth-order valence-corrected chi connectivity index (χ4v) is 4.33. The number of terminal acetylenes is 1. The van der Waals surface area contributed by atoms with E-state index in [9.17, 15) is 19.5 Å². The Hall–Kier alpha value is -3.99. The molecule has 0 saturated carbocycles. The summed E-state index contributed by atoms with van der Waals surface area (Å²) in [4.78, 5) is 42.5. The van der Waals surface area contributed by atoms with Crippen LogP contribution in [0.3, 0.4) is 0 Å². The molecule has 2 aromatic carbocycles. The van der Waals surface area contributed by atoms with E-state index in [4.69, 9.17) is 11.2 Å². The van der Waals surface area contributed by atoms with Crippen molar-refractivity contribution in [1.82, 2.24) is 15.5 Å². The van der Waals surface area contributed by atoms with E-state index in [1.165, 1.54) is 12.1 Å². The number of unbranched alkanes of at least 4 members (excludes halogenated alkanes) is 3. The maximum atomic E-state index is 14.3. The van der Waals surface area contributed by atoms with E-state index in [1.807, 2.05) is 6.92 Å². The lowest BCUT2D eigenvalue weighted by Gasteiger charge is -2.34. The molecule has 0 aliphatic rings. The summed E-state index contributed by atoms with van der Waals surface area (Å²) in [6, 6.07) is 11.5. The molecule has 0 radical (unpaired) electrons. The minimum atomic E-state index is -1.02. The Kier molecular flexibility index (Phi) is 13.2. The first-order valence-electron chi connectivity index (χ1n) is 14.4. The number of carbonyl (C=O) groups excluding carboxylic acids is 3. The van der Waals surface area contributed by atoms with Crippen LogP contribution in [0.1, 0.15) is 89.5 Å². The summed E-state index contributed by atoms with van der Waals surface area (Å²) in [5.74, 6) is 1.98. The van der Waals surface area contributed by atoms with E-state index in [2.05, 4.69) is 23.5 Å². The Morgan fingerprint density at radius 3 is 2.17 bits per heavy atom. The Bertz CT molecular complexity index is 1160. The van der Waals surface area contributed by atoms with Crippen molar-refractivity contribution < 1.29 is 24.2 Å². The standard InChI is InChI=1S/C33H45N3O5/c1-7-10-12-21-34-30(38)29(26-17-13-24(9-3)14-18-26)36(22-11-8-2)31(39)28(35-32(40)41-33(4,5)6)23-25-15-19-27(37)20-16-25/h3,13-20,28-29,37H,7-8,10-12,21-23H2,1-2,4-6H3,(H,34,38)(H,35,40). The van der Waals surface area contributed by atoms with Crippen LogP contribution in [-0.2, 0) is 20.7 Å². The molecule has 2 rings (SSSR count). The van der Waals surface area contributed by atoms with Gasteiger partial charge in [0.2, 0.25) is 11.8 Å². The summed E-state index contributed by atoms with van der Waals surface area (Å²) in [6.07, 6.45) is 9.25. The van der Waals surface area contributed by atoms with Crippen molar-refractivity contribution >= 4 is 17.9 Å². The highest BCUT2D eigenvalue weighted by Crippen LogP contribution is 2.25. The monoisotopic (exact) mass is 563 g/mol. The van der Waals surface area contributed by atoms with E-state index in [-0.39, 0.29) is 18.1 Å². The van der Waals surface area contributed by atoms with Crippen molar-refractivity contribution in [1.29, 1.82) is 0 Å². The first-order chi connectivity index (χ1) is 19.5. The molecule has 0 aliphatic carbocycles. The van der Waals surface area contributed by atoms with Gasteiger partial charge in [-0.3, -0.25) is 9.59 Å². The van der Waals surface area contributed by atoms with Crippen molar-refractivity contribution in [3.8, 4) is 18.1 Å². The second kappa shape index (κ2) is 16.3. The van der Waals surface area contributed by atoms with Crippen LogP contribution in [0.2, 0.25) is 0 Å². The first kappa shape index (κ1) is 33.2. The molecule has 222 valence electrons. The molecule has 0 aromatic heterocycles. The number of phenolic OH excluding ortho intramolecular Hbond substituents is 1. The Morgan fingerprint density at radius 1 is 0.976 bits per heavy atom. The molecule has 2 atom stereocenters. The highest BCUT2D eigenvalue weighted by Gasteiger charge is 2.36. The van der Waals surface area contributed by atoms with Crippen molar-refractivity contribution in [3.05, 3.63) is 65.2 Å². The average Bonchev–Trinajstić information content (AvgIpc) is 2.93. The van der Waals surface area contributed by atoms with Crippen LogP contribution in [0, 0.1) is 12.3 Å². The van der Waals surface area contributed by atoms with Crippen molar-refractivity contribution in [2.24, 2.45) is 0 Å². The maximum Gasteiger partial charge on any atom is 0.408 e. The zero-order chi connectivity index (χ0) is 30.4. The van der Waals surface area contributed by atoms with Gasteiger partial charge in [-0.2, -0.15) is 0 Å². The molecule has 0 spiro atoms. The number of nitrogens with zero attached hydrogens (tertiary/aromatic N) is 1. The second-order valence-electron chi connectivity index (χ2n) is 11.1. The summed E-state index contributed by atoms with van der Waals surface area (Å²) in [6.45, 7) is 10.1. The number of alkyl carbamates (subject to hydrolysis) is 1. The highest BCUT2D eigenvalue weighted by atomic mass is 16.6. The molecule has 3 N–H and O–H groups in total. The molecule has 41 heavy (non-hydrogen) atoms. The van der Waals surface area contributed by atoms with Gasteiger partial charge >= 0.3 is 6.09 Å². The summed E-state index contributed by atoms with van der Waals surface area (Å²) in [5.41, 5.74) is 1.26. The molecule has 2 aromatic rings. The van der Waals surface area contributed by atoms with Gasteiger partial charge in [0.1, 0.15) is 23.4 Å². The number of nitrogens with one attached hydrogen (secondary N) is 2. The lowest BCUT2D eigenvalue weighted by molar-refractivity contribution is -0.142. The van der Waals surface area contributed by atoms with Gasteiger partial charge in [-0.15, -0.1) is 6.42 Å². The summed E-state index contributed by atoms with van der Waals surface area (Å²) < 4.78 is 5.47. The third kappa shape index (κ3) is 11.2. The van der Waals surface area contributed by atoms with Crippen molar-refractivity contribution in [3.63, 3.8) is 0 Å². The number of hydrogen-bond acceptors (Lipinski definition) is 5. The molecular weight excluding hydrogens is 518 g/mol. The maximum absolute atomic E-state index is 14.3. The van der Waals surface area contributed by atoms with E-state index >= 15 is 0 Å². The van der Waals surface area contributed by atoms with Crippen LogP contribution >= 0.6 is 0 Å². The Balaban J connectivity index is 2.52. The molecule has 3 amide bonds. The zero-order valence-corrected chi connectivity index (χ0v) is 25.0. The molecule has 0 heterocycles. The molecule has 2 unspecified atom stereocenters. The van der Waals surface area contributed by atoms with Gasteiger partial charge in [0.05, 0.1) is 0 Å². The Morgan fingerprint density at radius 2 is 1.61 bits per heavy atom. The average molecular weight is 564 g/mol. The van der Waals surface area contributed by atoms with Crippen molar-refractivity contribution in [2.45, 2.75) is 90.8 Å². The fourth-order valence-electron chi connectivity index (χ4n) is 4.33. The van der Waals surface area contributed by atoms with Crippen molar-refractivity contribution in [2.75, 3.05) is 13.1 Å². The zero-order valence-electron chi connectivity index (χ0n) is 25.0. The predicted molar refractivity (Wildman–Crippen MR) is 161 cm³/mol. The van der Waals surface area contributed by atoms with Crippen LogP contribution in [-0.4, -0.2) is 52.6 Å². The van der Waals surface area contributed by atoms with Gasteiger partial charge in [0.15, 0.2) is 0 Å². The van der Waals surface area contributed by atoms with Gasteiger partial charge in [0.25, 0.3) is 0 Å². The van der Waals surface area contributed by atoms with Crippen LogP contribution in [0.5, 0.6) is 5.75 Å². The first-order valence-corrected chi connectivity index (χ1v) is 14.4. The number of ether oxygens (including phenoxy) is 1.